The molecule has 0 saturated heterocycles. The Bertz CT molecular complexity index is 2450. The van der Waals surface area contributed by atoms with Crippen molar-refractivity contribution >= 4 is 23.0 Å². The summed E-state index contributed by atoms with van der Waals surface area (Å²) in [5, 5.41) is 0. The summed E-state index contributed by atoms with van der Waals surface area (Å²) in [6.45, 7) is 12.5. The largest absolute Gasteiger partial charge is 0.326 e. The van der Waals surface area contributed by atoms with Crippen LogP contribution in [-0.2, 0) is 18.3 Å². The maximum absolute atomic E-state index is 8.57. The molecule has 2 aromatic heterocycles. The highest BCUT2D eigenvalue weighted by molar-refractivity contribution is 5.76. The molecule has 8 rings (SSSR count). The maximum Gasteiger partial charge on any atom is 0.136 e. The van der Waals surface area contributed by atoms with Gasteiger partial charge in [0.25, 0.3) is 0 Å². The molecule has 0 unspecified atom stereocenters. The molecule has 4 heteroatoms. The van der Waals surface area contributed by atoms with Crippen molar-refractivity contribution in [3.63, 3.8) is 0 Å². The lowest BCUT2D eigenvalue weighted by atomic mass is 9.76. The fourth-order valence-corrected chi connectivity index (χ4v) is 7.76. The molecule has 0 N–H and O–H groups in total. The molecule has 4 heterocycles. The fraction of sp³-hybridized carbons (Fsp3) is 0.261. The Morgan fingerprint density at radius 2 is 1.26 bits per heavy atom. The summed E-state index contributed by atoms with van der Waals surface area (Å²) in [5.41, 5.74) is 13.2. The number of anilines is 4. The third kappa shape index (κ3) is 5.67. The number of rotatable bonds is 6. The Morgan fingerprint density at radius 1 is 0.640 bits per heavy atom. The first kappa shape index (κ1) is 26.6. The normalized spacial score (nSPS) is 15.7. The minimum Gasteiger partial charge on any atom is -0.326 e. The van der Waals surface area contributed by atoms with E-state index in [2.05, 4.69) is 97.3 Å². The van der Waals surface area contributed by atoms with Gasteiger partial charge in [0.2, 0.25) is 0 Å². The van der Waals surface area contributed by atoms with E-state index in [9.17, 15) is 0 Å². The summed E-state index contributed by atoms with van der Waals surface area (Å²) in [7, 11) is 0. The minimum atomic E-state index is -0.394. The van der Waals surface area contributed by atoms with E-state index in [1.165, 1.54) is 39.1 Å². The van der Waals surface area contributed by atoms with Crippen LogP contribution in [0.5, 0.6) is 0 Å². The van der Waals surface area contributed by atoms with Crippen LogP contribution in [0, 0.1) is 20.8 Å². The van der Waals surface area contributed by atoms with Gasteiger partial charge in [0, 0.05) is 53.4 Å². The first-order valence-corrected chi connectivity index (χ1v) is 17.7. The SMILES string of the molecule is [2H]c1c([2H])c([2H])c(-c2cnc(N3CCCc4ccc(C(C)(C)c5ccc6c(c5)N(c5cc(C)c(-c7ccccc7)cn5)CCC6)cc43)c(C)c2C)c([2H])c1[2H]. The number of fused-ring (bicyclic) bond motifs is 2. The molecule has 50 heavy (non-hydrogen) atoms. The number of aryl methyl sites for hydroxylation is 3. The van der Waals surface area contributed by atoms with E-state index in [1.807, 2.05) is 26.1 Å². The molecular weight excluding hydrogens is 609 g/mol. The Hall–Kier alpha value is -5.22. The maximum atomic E-state index is 8.57. The van der Waals surface area contributed by atoms with Crippen LogP contribution in [0.15, 0.2) is 115 Å². The number of benzene rings is 4. The van der Waals surface area contributed by atoms with Crippen LogP contribution < -0.4 is 9.80 Å². The number of pyridine rings is 2. The van der Waals surface area contributed by atoms with Gasteiger partial charge in [0.1, 0.15) is 11.6 Å². The molecule has 2 aliphatic rings. The first-order chi connectivity index (χ1) is 26.4. The monoisotopic (exact) mass is 659 g/mol. The second-order valence-electron chi connectivity index (χ2n) is 14.3. The highest BCUT2D eigenvalue weighted by Crippen LogP contribution is 2.43. The van der Waals surface area contributed by atoms with Crippen LogP contribution in [0.3, 0.4) is 0 Å². The van der Waals surface area contributed by atoms with Gasteiger partial charge in [0.05, 0.1) is 6.85 Å². The van der Waals surface area contributed by atoms with Crippen molar-refractivity contribution in [2.45, 2.75) is 65.7 Å². The molecule has 0 amide bonds. The van der Waals surface area contributed by atoms with Gasteiger partial charge in [0.15, 0.2) is 0 Å². The molecule has 0 bridgehead atoms. The molecule has 0 saturated carbocycles. The third-order valence-corrected chi connectivity index (χ3v) is 11.0. The summed E-state index contributed by atoms with van der Waals surface area (Å²) in [6.07, 6.45) is 7.78. The average molecular weight is 660 g/mol. The van der Waals surface area contributed by atoms with Crippen molar-refractivity contribution in [3.05, 3.63) is 154 Å². The second-order valence-corrected chi connectivity index (χ2v) is 14.3. The van der Waals surface area contributed by atoms with E-state index in [-0.39, 0.29) is 35.1 Å². The molecule has 2 aliphatic heterocycles. The van der Waals surface area contributed by atoms with Gasteiger partial charge < -0.3 is 9.80 Å². The van der Waals surface area contributed by atoms with Crippen molar-refractivity contribution in [2.75, 3.05) is 22.9 Å². The highest BCUT2D eigenvalue weighted by Gasteiger charge is 2.30. The molecule has 0 spiro atoms. The van der Waals surface area contributed by atoms with Crippen molar-refractivity contribution in [1.29, 1.82) is 0 Å². The zero-order valence-electron chi connectivity index (χ0n) is 34.6. The predicted octanol–water partition coefficient (Wildman–Crippen LogP) is 11.2. The zero-order valence-corrected chi connectivity index (χ0v) is 29.6. The minimum absolute atomic E-state index is 0.187. The molecular formula is C46H46N4. The smallest absolute Gasteiger partial charge is 0.136 e. The predicted molar refractivity (Wildman–Crippen MR) is 209 cm³/mol. The van der Waals surface area contributed by atoms with Crippen LogP contribution >= 0.6 is 0 Å². The van der Waals surface area contributed by atoms with E-state index in [0.29, 0.717) is 5.56 Å². The van der Waals surface area contributed by atoms with Crippen LogP contribution in [0.4, 0.5) is 23.0 Å². The third-order valence-electron chi connectivity index (χ3n) is 11.0. The van der Waals surface area contributed by atoms with Gasteiger partial charge in [-0.25, -0.2) is 9.97 Å². The molecule has 250 valence electrons. The molecule has 0 radical (unpaired) electrons. The Morgan fingerprint density at radius 3 is 1.92 bits per heavy atom. The Balaban J connectivity index is 1.14. The van der Waals surface area contributed by atoms with Crippen LogP contribution in [0.25, 0.3) is 22.3 Å². The van der Waals surface area contributed by atoms with Gasteiger partial charge >= 0.3 is 0 Å². The quantitative estimate of drug-likeness (QED) is 0.178. The molecule has 4 aromatic carbocycles. The van der Waals surface area contributed by atoms with E-state index in [0.717, 1.165) is 72.8 Å². The Kier molecular flexibility index (Phi) is 6.87. The lowest BCUT2D eigenvalue weighted by Crippen LogP contribution is -2.28. The molecule has 4 nitrogen and oxygen atoms in total. The van der Waals surface area contributed by atoms with Gasteiger partial charge in [-0.05, 0) is 115 Å². The number of hydrogen-bond donors (Lipinski definition) is 0. The first-order valence-electron chi connectivity index (χ1n) is 20.2. The summed E-state index contributed by atoms with van der Waals surface area (Å²) in [6, 6.07) is 25.0. The number of hydrogen-bond acceptors (Lipinski definition) is 4. The molecule has 0 atom stereocenters. The topological polar surface area (TPSA) is 32.3 Å². The Labute approximate surface area is 304 Å². The lowest BCUT2D eigenvalue weighted by molar-refractivity contribution is 0.636. The average Bonchev–Trinajstić information content (AvgIpc) is 3.20. The highest BCUT2D eigenvalue weighted by atomic mass is 15.2. The molecule has 0 fully saturated rings. The van der Waals surface area contributed by atoms with Crippen molar-refractivity contribution < 1.29 is 6.85 Å². The van der Waals surface area contributed by atoms with E-state index in [4.69, 9.17) is 16.8 Å². The summed E-state index contributed by atoms with van der Waals surface area (Å²) in [4.78, 5) is 14.6. The lowest BCUT2D eigenvalue weighted by Gasteiger charge is -2.36. The standard InChI is InChI=1S/C46H46N4/c1-31-26-44(47-29-40(31)34-14-8-6-9-15-34)49-24-12-18-36-20-22-38(27-42(36)49)46(4,5)39-23-21-37-19-13-25-50(43(37)28-39)45-33(3)32(2)41(30-48-45)35-16-10-7-11-17-35/h6-11,14-17,20-23,26-30H,12-13,18-19,24-25H2,1-5H3/i7D,10D,11D,16D,17D. The van der Waals surface area contributed by atoms with Gasteiger partial charge in [-0.15, -0.1) is 0 Å². The second kappa shape index (κ2) is 12.9. The summed E-state index contributed by atoms with van der Waals surface area (Å²) < 4.78 is 41.6. The van der Waals surface area contributed by atoms with Crippen molar-refractivity contribution in [1.82, 2.24) is 9.97 Å². The van der Waals surface area contributed by atoms with E-state index < -0.39 is 6.04 Å². The van der Waals surface area contributed by atoms with E-state index in [1.54, 1.807) is 6.20 Å². The molecule has 0 aliphatic carbocycles. The summed E-state index contributed by atoms with van der Waals surface area (Å²) >= 11 is 0. The fourth-order valence-electron chi connectivity index (χ4n) is 7.76. The van der Waals surface area contributed by atoms with Crippen molar-refractivity contribution in [3.8, 4) is 22.3 Å². The van der Waals surface area contributed by atoms with Crippen LogP contribution in [0.1, 0.15) is 72.5 Å². The van der Waals surface area contributed by atoms with Gasteiger partial charge in [-0.1, -0.05) is 98.7 Å². The van der Waals surface area contributed by atoms with Crippen LogP contribution in [-0.4, -0.2) is 23.1 Å². The van der Waals surface area contributed by atoms with Crippen molar-refractivity contribution in [2.24, 2.45) is 0 Å². The molecule has 6 aromatic rings. The number of aromatic nitrogens is 2. The summed E-state index contributed by atoms with van der Waals surface area (Å²) in [5.74, 6) is 1.81. The van der Waals surface area contributed by atoms with Gasteiger partial charge in [-0.2, -0.15) is 0 Å². The number of nitrogens with zero attached hydrogens (tertiary/aromatic N) is 4. The van der Waals surface area contributed by atoms with Gasteiger partial charge in [-0.3, -0.25) is 0 Å². The van der Waals surface area contributed by atoms with E-state index >= 15 is 0 Å². The van der Waals surface area contributed by atoms with Crippen LogP contribution in [0.2, 0.25) is 0 Å². The zero-order chi connectivity index (χ0) is 38.8.